The first-order chi connectivity index (χ1) is 18.2. The van der Waals surface area contributed by atoms with Gasteiger partial charge < -0.3 is 0 Å². The fourth-order valence-corrected chi connectivity index (χ4v) is 13.6. The smallest absolute Gasteiger partial charge is 0.132 e. The minimum atomic E-state index is -1.38. The Morgan fingerprint density at radius 2 is 1.00 bits per heavy atom. The van der Waals surface area contributed by atoms with Gasteiger partial charge >= 0.3 is 0 Å². The Morgan fingerprint density at radius 1 is 0.568 bits per heavy atom. The van der Waals surface area contributed by atoms with Crippen LogP contribution >= 0.6 is 16.1 Å². The molecule has 0 aromatic heterocycles. The van der Waals surface area contributed by atoms with E-state index >= 15 is 8.78 Å². The quantitative estimate of drug-likeness (QED) is 0.216. The van der Waals surface area contributed by atoms with Crippen LogP contribution in [0.3, 0.4) is 0 Å². The number of rotatable bonds is 7. The Kier molecular flexibility index (Phi) is 7.48. The maximum atomic E-state index is 15.6. The Morgan fingerprint density at radius 3 is 1.41 bits per heavy atom. The van der Waals surface area contributed by atoms with Gasteiger partial charge in [0.2, 0.25) is 0 Å². The van der Waals surface area contributed by atoms with Crippen molar-refractivity contribution < 1.29 is 8.78 Å². The number of halogens is 2. The molecule has 1 heterocycles. The predicted molar refractivity (Wildman–Crippen MR) is 153 cm³/mol. The molecule has 3 atom stereocenters. The lowest BCUT2D eigenvalue weighted by Gasteiger charge is -2.49. The lowest BCUT2D eigenvalue weighted by molar-refractivity contribution is 0.314. The molecule has 4 aromatic carbocycles. The highest BCUT2D eigenvalue weighted by atomic mass is 31.2. The van der Waals surface area contributed by atoms with Crippen molar-refractivity contribution in [3.63, 3.8) is 0 Å². The molecule has 0 N–H and O–H groups in total. The molecule has 0 radical (unpaired) electrons. The van der Waals surface area contributed by atoms with Gasteiger partial charge in [-0.05, 0) is 69.1 Å². The summed E-state index contributed by atoms with van der Waals surface area (Å²) in [6, 6.07) is 36.1. The molecule has 0 bridgehead atoms. The zero-order chi connectivity index (χ0) is 25.2. The summed E-state index contributed by atoms with van der Waals surface area (Å²) in [5, 5.41) is 1.28. The molecule has 6 rings (SSSR count). The summed E-state index contributed by atoms with van der Waals surface area (Å²) in [5.74, 6) is -0.467. The average Bonchev–Trinajstić information content (AvgIpc) is 3.35. The van der Waals surface area contributed by atoms with E-state index in [1.54, 1.807) is 12.1 Å². The van der Waals surface area contributed by atoms with Gasteiger partial charge in [-0.2, -0.15) is 0 Å². The second-order valence-corrected chi connectivity index (χ2v) is 14.7. The third-order valence-electron chi connectivity index (χ3n) is 7.72. The zero-order valence-electron chi connectivity index (χ0n) is 20.8. The van der Waals surface area contributed by atoms with Gasteiger partial charge in [-0.25, -0.2) is 13.2 Å². The highest BCUT2D eigenvalue weighted by molar-refractivity contribution is 7.79. The number of hydrogen-bond donors (Lipinski definition) is 0. The normalized spacial score (nSPS) is 21.9. The SMILES string of the molecule is Fc1ccccc1P(c1ccccc1F)N(C1CCC1)P1C(c2ccccc2)CC[C@H]1c1ccccc1. The Labute approximate surface area is 221 Å². The molecule has 1 aliphatic carbocycles. The van der Waals surface area contributed by atoms with Crippen LogP contribution in [0.25, 0.3) is 0 Å². The zero-order valence-corrected chi connectivity index (χ0v) is 22.5. The molecule has 1 aliphatic heterocycles. The van der Waals surface area contributed by atoms with Crippen LogP contribution in [0.1, 0.15) is 54.5 Å². The van der Waals surface area contributed by atoms with Crippen molar-refractivity contribution in [2.24, 2.45) is 0 Å². The van der Waals surface area contributed by atoms with Crippen LogP contribution in [0.4, 0.5) is 8.78 Å². The van der Waals surface area contributed by atoms with E-state index in [0.717, 1.165) is 25.7 Å². The van der Waals surface area contributed by atoms with Crippen LogP contribution in [0, 0.1) is 11.6 Å². The maximum absolute atomic E-state index is 15.6. The third-order valence-corrected chi connectivity index (χ3v) is 14.4. The summed E-state index contributed by atoms with van der Waals surface area (Å²) < 4.78 is 33.9. The molecule has 37 heavy (non-hydrogen) atoms. The number of hydrogen-bond acceptors (Lipinski definition) is 1. The molecule has 0 amide bonds. The molecule has 2 fully saturated rings. The lowest BCUT2D eigenvalue weighted by atomic mass is 9.94. The topological polar surface area (TPSA) is 3.24 Å². The van der Waals surface area contributed by atoms with Crippen LogP contribution in [0.15, 0.2) is 109 Å². The number of nitrogens with zero attached hydrogens (tertiary/aromatic N) is 1. The van der Waals surface area contributed by atoms with Gasteiger partial charge in [0.15, 0.2) is 0 Å². The van der Waals surface area contributed by atoms with Gasteiger partial charge in [-0.1, -0.05) is 91.3 Å². The largest absolute Gasteiger partial charge is 0.248 e. The van der Waals surface area contributed by atoms with Gasteiger partial charge in [-0.15, -0.1) is 0 Å². The highest BCUT2D eigenvalue weighted by Crippen LogP contribution is 2.77. The average molecular weight is 530 g/mol. The van der Waals surface area contributed by atoms with Gasteiger partial charge in [0.25, 0.3) is 0 Å². The van der Waals surface area contributed by atoms with Crippen LogP contribution < -0.4 is 10.6 Å². The molecule has 1 saturated heterocycles. The predicted octanol–water partition coefficient (Wildman–Crippen LogP) is 8.84. The van der Waals surface area contributed by atoms with E-state index in [4.69, 9.17) is 0 Å². The summed E-state index contributed by atoms with van der Waals surface area (Å²) in [5.41, 5.74) is 3.44. The van der Waals surface area contributed by atoms with E-state index in [-0.39, 0.29) is 11.6 Å². The van der Waals surface area contributed by atoms with E-state index in [1.807, 2.05) is 24.3 Å². The first kappa shape index (κ1) is 24.9. The monoisotopic (exact) mass is 529 g/mol. The fourth-order valence-electron chi connectivity index (χ4n) is 5.74. The van der Waals surface area contributed by atoms with Gasteiger partial charge in [0.1, 0.15) is 11.6 Å². The molecule has 1 nitrogen and oxygen atoms in total. The molecule has 5 heteroatoms. The maximum Gasteiger partial charge on any atom is 0.132 e. The second-order valence-electron chi connectivity index (χ2n) is 9.93. The summed E-state index contributed by atoms with van der Waals surface area (Å²) in [6.45, 7) is 0. The fraction of sp³-hybridized carbons (Fsp3) is 0.250. The van der Waals surface area contributed by atoms with Crippen molar-refractivity contribution in [2.75, 3.05) is 0 Å². The van der Waals surface area contributed by atoms with Crippen LogP contribution in [-0.2, 0) is 0 Å². The van der Waals surface area contributed by atoms with Crippen LogP contribution in [-0.4, -0.2) is 10.5 Å². The van der Waals surface area contributed by atoms with Crippen molar-refractivity contribution in [3.05, 3.63) is 132 Å². The third kappa shape index (κ3) is 4.90. The van der Waals surface area contributed by atoms with E-state index in [0.29, 0.717) is 28.0 Å². The van der Waals surface area contributed by atoms with E-state index < -0.39 is 16.1 Å². The van der Waals surface area contributed by atoms with Crippen molar-refractivity contribution in [2.45, 2.75) is 49.5 Å². The van der Waals surface area contributed by atoms with Crippen molar-refractivity contribution in [1.29, 1.82) is 0 Å². The molecule has 188 valence electrons. The molecular formula is C32H31F2NP2. The van der Waals surface area contributed by atoms with Crippen molar-refractivity contribution in [3.8, 4) is 0 Å². The van der Waals surface area contributed by atoms with Gasteiger partial charge in [0.05, 0.1) is 0 Å². The van der Waals surface area contributed by atoms with E-state index in [1.165, 1.54) is 29.7 Å². The summed E-state index contributed by atoms with van der Waals surface area (Å²) in [7, 11) is -2.15. The van der Waals surface area contributed by atoms with E-state index in [9.17, 15) is 0 Å². The molecule has 2 unspecified atom stereocenters. The standard InChI is InChI=1S/C32H31F2NP2/c33-27-18-7-9-20-31(27)37(32-21-10-8-19-28(32)34)35(26-16-11-17-26)36-29(24-12-3-1-4-13-24)22-23-30(36)25-14-5-2-6-15-25/h1-10,12-15,18-21,26,29-30H,11,16-17,22-23H2/t29-,30?,36?/m0/s1. The minimum absolute atomic E-state index is 0.233. The van der Waals surface area contributed by atoms with Crippen LogP contribution in [0.5, 0.6) is 0 Å². The van der Waals surface area contributed by atoms with Crippen molar-refractivity contribution >= 4 is 26.8 Å². The highest BCUT2D eigenvalue weighted by Gasteiger charge is 2.48. The summed E-state index contributed by atoms with van der Waals surface area (Å²) in [4.78, 5) is 0. The second kappa shape index (κ2) is 11.1. The molecule has 4 aromatic rings. The molecule has 0 spiro atoms. The Balaban J connectivity index is 1.56. The molecule has 1 saturated carbocycles. The van der Waals surface area contributed by atoms with Gasteiger partial charge in [0, 0.05) is 36.0 Å². The minimum Gasteiger partial charge on any atom is -0.248 e. The number of benzene rings is 4. The summed E-state index contributed by atoms with van der Waals surface area (Å²) in [6.07, 6.45) is 5.54. The molecular weight excluding hydrogens is 498 g/mol. The first-order valence-electron chi connectivity index (χ1n) is 13.2. The molecule has 2 aliphatic rings. The van der Waals surface area contributed by atoms with Crippen LogP contribution in [0.2, 0.25) is 0 Å². The Hall–Kier alpha value is -2.44. The van der Waals surface area contributed by atoms with Crippen molar-refractivity contribution in [1.82, 2.24) is 4.44 Å². The lowest BCUT2D eigenvalue weighted by Crippen LogP contribution is -2.40. The summed E-state index contributed by atoms with van der Waals surface area (Å²) >= 11 is 0. The van der Waals surface area contributed by atoms with E-state index in [2.05, 4.69) is 65.1 Å². The Bertz CT molecular complexity index is 1240. The first-order valence-corrected chi connectivity index (χ1v) is 15.9. The van der Waals surface area contributed by atoms with Gasteiger partial charge in [-0.3, -0.25) is 0 Å².